The number of hydrogen-bond acceptors (Lipinski definition) is 6. The fraction of sp³-hybridized carbons (Fsp3) is 0.375. The van der Waals surface area contributed by atoms with Crippen LogP contribution in [0.15, 0.2) is 30.4 Å². The van der Waals surface area contributed by atoms with Crippen molar-refractivity contribution < 1.29 is 24.4 Å². The van der Waals surface area contributed by atoms with Crippen molar-refractivity contribution >= 4 is 23.2 Å². The smallest absolute Gasteiger partial charge is 0.293 e. The molecule has 1 N–H and O–H groups in total. The molecule has 3 aliphatic rings. The van der Waals surface area contributed by atoms with Crippen LogP contribution in [0.3, 0.4) is 0 Å². The molecule has 8 heteroatoms. The molecule has 2 fully saturated rings. The van der Waals surface area contributed by atoms with Gasteiger partial charge in [-0.25, -0.2) is 4.90 Å². The van der Waals surface area contributed by atoms with Gasteiger partial charge in [0.25, 0.3) is 5.69 Å². The number of amides is 2. The Balaban J connectivity index is 1.82. The Kier molecular flexibility index (Phi) is 2.94. The van der Waals surface area contributed by atoms with Crippen LogP contribution in [0.2, 0.25) is 0 Å². The maximum absolute atomic E-state index is 12.9. The molecule has 3 aliphatic heterocycles. The lowest BCUT2D eigenvalue weighted by Crippen LogP contribution is -2.43. The molecule has 0 aromatic heterocycles. The molecule has 2 saturated heterocycles. The number of aliphatic hydroxyl groups excluding tert-OH is 1. The molecule has 0 spiro atoms. The van der Waals surface area contributed by atoms with Gasteiger partial charge in [-0.3, -0.25) is 19.7 Å². The van der Waals surface area contributed by atoms with Crippen LogP contribution in [0.1, 0.15) is 5.56 Å². The quantitative estimate of drug-likeness (QED) is 0.378. The van der Waals surface area contributed by atoms with Crippen LogP contribution in [0, 0.1) is 28.9 Å². The lowest BCUT2D eigenvalue weighted by Gasteiger charge is -2.26. The van der Waals surface area contributed by atoms with E-state index in [1.165, 1.54) is 12.1 Å². The molecule has 2 amide bonds. The molecule has 24 heavy (non-hydrogen) atoms. The summed E-state index contributed by atoms with van der Waals surface area (Å²) in [5.74, 6) is -2.71. The van der Waals surface area contributed by atoms with Crippen molar-refractivity contribution in [2.24, 2.45) is 11.8 Å². The highest BCUT2D eigenvalue weighted by atomic mass is 16.6. The van der Waals surface area contributed by atoms with E-state index >= 15 is 0 Å². The first-order valence-corrected chi connectivity index (χ1v) is 7.50. The second-order valence-corrected chi connectivity index (χ2v) is 6.32. The number of aryl methyl sites for hydroxylation is 1. The van der Waals surface area contributed by atoms with E-state index in [4.69, 9.17) is 4.74 Å². The van der Waals surface area contributed by atoms with Crippen molar-refractivity contribution in [2.75, 3.05) is 11.5 Å². The van der Waals surface area contributed by atoms with Crippen LogP contribution in [0.4, 0.5) is 11.4 Å². The molecule has 0 aliphatic carbocycles. The van der Waals surface area contributed by atoms with Crippen molar-refractivity contribution in [3.63, 3.8) is 0 Å². The summed E-state index contributed by atoms with van der Waals surface area (Å²) in [4.78, 5) is 37.3. The van der Waals surface area contributed by atoms with Gasteiger partial charge in [0.05, 0.1) is 29.5 Å². The minimum atomic E-state index is -1.21. The van der Waals surface area contributed by atoms with Crippen LogP contribution in [0.25, 0.3) is 0 Å². The SMILES string of the molecule is Cc1ccc(N2C(=O)[C@H]3[C@@H](C2=O)[C@]2(CO)C=C[C@H]3O2)c([N+](=O)[O-])c1. The first kappa shape index (κ1) is 15.0. The molecule has 0 unspecified atom stereocenters. The summed E-state index contributed by atoms with van der Waals surface area (Å²) in [6, 6.07) is 4.35. The number of nitro benzene ring substituents is 1. The topological polar surface area (TPSA) is 110 Å². The van der Waals surface area contributed by atoms with E-state index in [2.05, 4.69) is 0 Å². The molecule has 1 aromatic carbocycles. The third kappa shape index (κ3) is 1.69. The Hall–Kier alpha value is -2.58. The maximum atomic E-state index is 12.9. The molecule has 1 aromatic rings. The summed E-state index contributed by atoms with van der Waals surface area (Å²) in [5, 5.41) is 21.0. The van der Waals surface area contributed by atoms with Crippen LogP contribution in [-0.4, -0.2) is 40.2 Å². The zero-order chi connectivity index (χ0) is 17.2. The van der Waals surface area contributed by atoms with Gasteiger partial charge in [0, 0.05) is 6.07 Å². The normalized spacial score (nSPS) is 33.4. The number of hydrogen-bond donors (Lipinski definition) is 1. The van der Waals surface area contributed by atoms with Crippen molar-refractivity contribution in [3.8, 4) is 0 Å². The Morgan fingerprint density at radius 3 is 2.79 bits per heavy atom. The molecule has 3 heterocycles. The standard InChI is InChI=1S/C16H14N2O6/c1-8-2-3-9(10(6-8)18(22)23)17-14(20)12-11-4-5-16(7-19,24-11)13(12)15(17)21/h2-6,11-13,19H,7H2,1H3/t11-,12-,13+,16-/m1/s1. The van der Waals surface area contributed by atoms with Gasteiger partial charge >= 0.3 is 0 Å². The van der Waals surface area contributed by atoms with E-state index in [1.54, 1.807) is 25.1 Å². The van der Waals surface area contributed by atoms with Crippen LogP contribution >= 0.6 is 0 Å². The zero-order valence-corrected chi connectivity index (χ0v) is 12.7. The molecular formula is C16H14N2O6. The number of carbonyl (C=O) groups excluding carboxylic acids is 2. The molecule has 0 radical (unpaired) electrons. The minimum absolute atomic E-state index is 0.0394. The number of ether oxygens (including phenoxy) is 1. The van der Waals surface area contributed by atoms with Gasteiger partial charge in [-0.15, -0.1) is 0 Å². The Labute approximate surface area is 136 Å². The van der Waals surface area contributed by atoms with Crippen LogP contribution in [-0.2, 0) is 14.3 Å². The van der Waals surface area contributed by atoms with Gasteiger partial charge in [-0.05, 0) is 18.6 Å². The van der Waals surface area contributed by atoms with Gasteiger partial charge in [0.1, 0.15) is 11.3 Å². The summed E-state index contributed by atoms with van der Waals surface area (Å²) in [5.41, 5.74) is -0.892. The fourth-order valence-electron chi connectivity index (χ4n) is 3.89. The van der Waals surface area contributed by atoms with E-state index in [-0.39, 0.29) is 11.4 Å². The molecular weight excluding hydrogens is 316 g/mol. The van der Waals surface area contributed by atoms with E-state index in [0.717, 1.165) is 4.90 Å². The van der Waals surface area contributed by atoms with E-state index < -0.39 is 46.9 Å². The minimum Gasteiger partial charge on any atom is -0.393 e. The lowest BCUT2D eigenvalue weighted by molar-refractivity contribution is -0.384. The van der Waals surface area contributed by atoms with Gasteiger partial charge in [-0.2, -0.15) is 0 Å². The Bertz CT molecular complexity index is 819. The van der Waals surface area contributed by atoms with Gasteiger partial charge in [0.15, 0.2) is 0 Å². The summed E-state index contributed by atoms with van der Waals surface area (Å²) in [7, 11) is 0. The van der Waals surface area contributed by atoms with Crippen LogP contribution < -0.4 is 4.90 Å². The molecule has 8 nitrogen and oxygen atoms in total. The maximum Gasteiger partial charge on any atom is 0.293 e. The van der Waals surface area contributed by atoms with Crippen molar-refractivity contribution in [1.29, 1.82) is 0 Å². The highest BCUT2D eigenvalue weighted by molar-refractivity contribution is 6.24. The number of fused-ring (bicyclic) bond motifs is 5. The van der Waals surface area contributed by atoms with Crippen molar-refractivity contribution in [2.45, 2.75) is 18.6 Å². The number of carbonyl (C=O) groups is 2. The molecule has 2 bridgehead atoms. The Morgan fingerprint density at radius 1 is 1.38 bits per heavy atom. The predicted molar refractivity (Wildman–Crippen MR) is 81.1 cm³/mol. The molecule has 124 valence electrons. The first-order chi connectivity index (χ1) is 11.4. The van der Waals surface area contributed by atoms with Gasteiger partial charge in [0.2, 0.25) is 11.8 Å². The summed E-state index contributed by atoms with van der Waals surface area (Å²) < 4.78 is 5.63. The molecule has 4 atom stereocenters. The van der Waals surface area contributed by atoms with Crippen molar-refractivity contribution in [1.82, 2.24) is 0 Å². The lowest BCUT2D eigenvalue weighted by atomic mass is 9.77. The van der Waals surface area contributed by atoms with Gasteiger partial charge < -0.3 is 9.84 Å². The van der Waals surface area contributed by atoms with Crippen molar-refractivity contribution in [3.05, 3.63) is 46.0 Å². The fourth-order valence-corrected chi connectivity index (χ4v) is 3.89. The number of imide groups is 1. The van der Waals surface area contributed by atoms with E-state index in [9.17, 15) is 24.8 Å². The Morgan fingerprint density at radius 2 is 2.12 bits per heavy atom. The molecule has 4 rings (SSSR count). The molecule has 0 saturated carbocycles. The third-order valence-electron chi connectivity index (χ3n) is 4.97. The third-order valence-corrected chi connectivity index (χ3v) is 4.97. The number of benzene rings is 1. The predicted octanol–water partition coefficient (Wildman–Crippen LogP) is 0.709. The average Bonchev–Trinajstić information content (AvgIpc) is 3.19. The summed E-state index contributed by atoms with van der Waals surface area (Å²) in [6.45, 7) is 1.27. The van der Waals surface area contributed by atoms with E-state index in [1.807, 2.05) is 0 Å². The monoisotopic (exact) mass is 330 g/mol. The largest absolute Gasteiger partial charge is 0.393 e. The second kappa shape index (κ2) is 4.71. The summed E-state index contributed by atoms with van der Waals surface area (Å²) in [6.07, 6.45) is 2.68. The second-order valence-electron chi connectivity index (χ2n) is 6.32. The number of rotatable bonds is 3. The highest BCUT2D eigenvalue weighted by Crippen LogP contribution is 2.53. The summed E-state index contributed by atoms with van der Waals surface area (Å²) >= 11 is 0. The first-order valence-electron chi connectivity index (χ1n) is 7.50. The van der Waals surface area contributed by atoms with E-state index in [0.29, 0.717) is 5.56 Å². The number of anilines is 1. The van der Waals surface area contributed by atoms with Crippen LogP contribution in [0.5, 0.6) is 0 Å². The average molecular weight is 330 g/mol. The number of aliphatic hydroxyl groups is 1. The zero-order valence-electron chi connectivity index (χ0n) is 12.7. The highest BCUT2D eigenvalue weighted by Gasteiger charge is 2.68. The number of nitro groups is 1. The number of nitrogens with zero attached hydrogens (tertiary/aromatic N) is 2. The van der Waals surface area contributed by atoms with Gasteiger partial charge in [-0.1, -0.05) is 18.2 Å².